The zero-order valence-electron chi connectivity index (χ0n) is 11.5. The predicted octanol–water partition coefficient (Wildman–Crippen LogP) is 1.72. The quantitative estimate of drug-likeness (QED) is 0.862. The van der Waals surface area contributed by atoms with Gasteiger partial charge in [-0.1, -0.05) is 0 Å². The minimum Gasteiger partial charge on any atom is -0.343 e. The number of carbonyl (C=O) groups excluding carboxylic acids is 1. The first kappa shape index (κ1) is 12.3. The van der Waals surface area contributed by atoms with E-state index < -0.39 is 0 Å². The first-order valence-electron chi connectivity index (χ1n) is 7.17. The number of fused-ring (bicyclic) bond motifs is 1. The molecule has 2 aromatic rings. The second kappa shape index (κ2) is 4.29. The third-order valence-corrected chi connectivity index (χ3v) is 4.83. The maximum Gasteiger partial charge on any atom is 0.257 e. The highest BCUT2D eigenvalue weighted by atomic mass is 16.2. The van der Waals surface area contributed by atoms with Gasteiger partial charge in [-0.3, -0.25) is 9.78 Å². The summed E-state index contributed by atoms with van der Waals surface area (Å²) in [7, 11) is 0. The number of amides is 1. The fourth-order valence-corrected chi connectivity index (χ4v) is 3.71. The minimum absolute atomic E-state index is 0.00233. The number of rotatable bonds is 1. The second-order valence-electron chi connectivity index (χ2n) is 6.20. The van der Waals surface area contributed by atoms with E-state index in [0.29, 0.717) is 11.1 Å². The Balaban J connectivity index is 1.57. The van der Waals surface area contributed by atoms with Gasteiger partial charge >= 0.3 is 0 Å². The third-order valence-electron chi connectivity index (χ3n) is 4.83. The lowest BCUT2D eigenvalue weighted by molar-refractivity contribution is 0.0673. The van der Waals surface area contributed by atoms with Gasteiger partial charge < -0.3 is 9.88 Å². The van der Waals surface area contributed by atoms with Crippen LogP contribution in [0.5, 0.6) is 0 Å². The van der Waals surface area contributed by atoms with Crippen molar-refractivity contribution in [3.05, 3.63) is 24.3 Å². The molecule has 1 saturated carbocycles. The fourth-order valence-electron chi connectivity index (χ4n) is 3.71. The smallest absolute Gasteiger partial charge is 0.257 e. The molecular formula is C15H15N5O. The van der Waals surface area contributed by atoms with Crippen LogP contribution in [0, 0.1) is 22.7 Å². The highest BCUT2D eigenvalue weighted by molar-refractivity contribution is 6.04. The van der Waals surface area contributed by atoms with Crippen molar-refractivity contribution in [2.45, 2.75) is 19.3 Å². The largest absolute Gasteiger partial charge is 0.343 e. The maximum absolute atomic E-state index is 12.7. The fraction of sp³-hybridized carbons (Fsp3) is 0.467. The molecule has 0 aromatic carbocycles. The van der Waals surface area contributed by atoms with Crippen LogP contribution >= 0.6 is 0 Å². The van der Waals surface area contributed by atoms with Gasteiger partial charge in [-0.2, -0.15) is 5.26 Å². The average molecular weight is 281 g/mol. The van der Waals surface area contributed by atoms with E-state index in [2.05, 4.69) is 21.0 Å². The van der Waals surface area contributed by atoms with Crippen LogP contribution in [0.15, 0.2) is 18.7 Å². The Bertz CT molecular complexity index is 753. The SMILES string of the molecule is N#CC1CC2(CCN(C(=O)c3cncc4[nH]cnc34)C2)C1. The van der Waals surface area contributed by atoms with E-state index in [-0.39, 0.29) is 17.2 Å². The number of likely N-dealkylation sites (tertiary alicyclic amines) is 1. The lowest BCUT2D eigenvalue weighted by atomic mass is 9.62. The van der Waals surface area contributed by atoms with Crippen molar-refractivity contribution in [2.75, 3.05) is 13.1 Å². The van der Waals surface area contributed by atoms with Crippen LogP contribution in [0.1, 0.15) is 29.6 Å². The Hall–Kier alpha value is -2.42. The molecule has 1 amide bonds. The van der Waals surface area contributed by atoms with E-state index in [1.807, 2.05) is 4.90 Å². The summed E-state index contributed by atoms with van der Waals surface area (Å²) >= 11 is 0. The van der Waals surface area contributed by atoms with Gasteiger partial charge in [0.05, 0.1) is 29.7 Å². The highest BCUT2D eigenvalue weighted by Crippen LogP contribution is 2.51. The molecule has 4 rings (SSSR count). The van der Waals surface area contributed by atoms with E-state index >= 15 is 0 Å². The predicted molar refractivity (Wildman–Crippen MR) is 75.2 cm³/mol. The third kappa shape index (κ3) is 1.81. The van der Waals surface area contributed by atoms with Crippen LogP contribution < -0.4 is 0 Å². The van der Waals surface area contributed by atoms with E-state index in [0.717, 1.165) is 37.9 Å². The lowest BCUT2D eigenvalue weighted by Gasteiger charge is -2.41. The number of H-pyrrole nitrogens is 1. The van der Waals surface area contributed by atoms with E-state index in [1.165, 1.54) is 0 Å². The molecule has 2 fully saturated rings. The Kier molecular flexibility index (Phi) is 2.52. The number of hydrogen-bond acceptors (Lipinski definition) is 4. The van der Waals surface area contributed by atoms with Crippen molar-refractivity contribution >= 4 is 16.9 Å². The van der Waals surface area contributed by atoms with Gasteiger partial charge in [0.15, 0.2) is 0 Å². The Morgan fingerprint density at radius 3 is 3.14 bits per heavy atom. The molecule has 0 bridgehead atoms. The lowest BCUT2D eigenvalue weighted by Crippen LogP contribution is -2.40. The molecule has 2 aliphatic rings. The number of hydrogen-bond donors (Lipinski definition) is 1. The molecule has 1 saturated heterocycles. The zero-order valence-corrected chi connectivity index (χ0v) is 11.5. The summed E-state index contributed by atoms with van der Waals surface area (Å²) < 4.78 is 0. The monoisotopic (exact) mass is 281 g/mol. The minimum atomic E-state index is -0.00233. The van der Waals surface area contributed by atoms with Gasteiger partial charge in [-0.25, -0.2) is 4.98 Å². The summed E-state index contributed by atoms with van der Waals surface area (Å²) in [4.78, 5) is 25.9. The summed E-state index contributed by atoms with van der Waals surface area (Å²) in [5, 5.41) is 8.93. The molecule has 6 nitrogen and oxygen atoms in total. The number of aromatic nitrogens is 3. The molecule has 1 aliphatic carbocycles. The number of nitrogens with one attached hydrogen (secondary N) is 1. The van der Waals surface area contributed by atoms with Crippen molar-refractivity contribution in [1.29, 1.82) is 5.26 Å². The van der Waals surface area contributed by atoms with Crippen molar-refractivity contribution in [3.8, 4) is 6.07 Å². The van der Waals surface area contributed by atoms with Crippen LogP contribution in [0.4, 0.5) is 0 Å². The topological polar surface area (TPSA) is 85.7 Å². The van der Waals surface area contributed by atoms with E-state index in [1.54, 1.807) is 18.7 Å². The van der Waals surface area contributed by atoms with Gasteiger partial charge in [0.2, 0.25) is 0 Å². The molecule has 0 radical (unpaired) electrons. The molecule has 106 valence electrons. The van der Waals surface area contributed by atoms with Crippen molar-refractivity contribution in [3.63, 3.8) is 0 Å². The first-order chi connectivity index (χ1) is 10.2. The first-order valence-corrected chi connectivity index (χ1v) is 7.17. The normalized spacial score (nSPS) is 27.8. The number of carbonyl (C=O) groups is 1. The maximum atomic E-state index is 12.7. The Labute approximate surface area is 121 Å². The summed E-state index contributed by atoms with van der Waals surface area (Å²) in [6, 6.07) is 2.32. The summed E-state index contributed by atoms with van der Waals surface area (Å²) in [6.45, 7) is 1.52. The average Bonchev–Trinajstić information content (AvgIpc) is 3.10. The van der Waals surface area contributed by atoms with Gasteiger partial charge in [0, 0.05) is 25.2 Å². The van der Waals surface area contributed by atoms with Gasteiger partial charge in [0.25, 0.3) is 5.91 Å². The molecule has 1 spiro atoms. The summed E-state index contributed by atoms with van der Waals surface area (Å²) in [5.41, 5.74) is 2.20. The van der Waals surface area contributed by atoms with Gasteiger partial charge in [0.1, 0.15) is 5.52 Å². The van der Waals surface area contributed by atoms with Crippen molar-refractivity contribution in [2.24, 2.45) is 11.3 Å². The highest BCUT2D eigenvalue weighted by Gasteiger charge is 2.49. The number of pyridine rings is 1. The molecule has 1 aliphatic heterocycles. The molecule has 3 heterocycles. The molecule has 1 N–H and O–H groups in total. The van der Waals surface area contributed by atoms with Crippen LogP contribution in [0.25, 0.3) is 11.0 Å². The van der Waals surface area contributed by atoms with E-state index in [9.17, 15) is 4.79 Å². The number of nitrogens with zero attached hydrogens (tertiary/aromatic N) is 4. The molecule has 6 heteroatoms. The van der Waals surface area contributed by atoms with Crippen LogP contribution in [-0.4, -0.2) is 38.8 Å². The van der Waals surface area contributed by atoms with Crippen molar-refractivity contribution < 1.29 is 4.79 Å². The number of aromatic amines is 1. The Morgan fingerprint density at radius 2 is 2.33 bits per heavy atom. The van der Waals surface area contributed by atoms with Gasteiger partial charge in [-0.05, 0) is 24.7 Å². The summed E-state index contributed by atoms with van der Waals surface area (Å²) in [6.07, 6.45) is 7.71. The molecule has 2 aromatic heterocycles. The van der Waals surface area contributed by atoms with Crippen LogP contribution in [-0.2, 0) is 0 Å². The molecule has 21 heavy (non-hydrogen) atoms. The number of imidazole rings is 1. The van der Waals surface area contributed by atoms with Crippen molar-refractivity contribution in [1.82, 2.24) is 19.9 Å². The van der Waals surface area contributed by atoms with E-state index in [4.69, 9.17) is 5.26 Å². The standard InChI is InChI=1S/C15H15N5O/c16-5-10-3-15(4-10)1-2-20(8-15)14(21)11-6-17-7-12-13(11)19-9-18-12/h6-7,9-10H,1-4,8H2,(H,18,19). The second-order valence-corrected chi connectivity index (χ2v) is 6.20. The van der Waals surface area contributed by atoms with Gasteiger partial charge in [-0.15, -0.1) is 0 Å². The molecule has 0 unspecified atom stereocenters. The van der Waals surface area contributed by atoms with Crippen LogP contribution in [0.2, 0.25) is 0 Å². The summed E-state index contributed by atoms with van der Waals surface area (Å²) in [5.74, 6) is 0.175. The molecular weight excluding hydrogens is 266 g/mol. The zero-order chi connectivity index (χ0) is 14.4. The molecule has 0 atom stereocenters. The Morgan fingerprint density at radius 1 is 1.48 bits per heavy atom. The number of nitriles is 1. The van der Waals surface area contributed by atoms with Crippen LogP contribution in [0.3, 0.4) is 0 Å².